The monoisotopic (exact) mass is 242 g/mol. The Balaban J connectivity index is 2.30. The molecule has 0 saturated heterocycles. The second kappa shape index (κ2) is 4.75. The minimum atomic E-state index is -0.567. The zero-order chi connectivity index (χ0) is 13.1. The first kappa shape index (κ1) is 11.9. The molecule has 0 fully saturated rings. The number of carbonyl (C=O) groups excluding carboxylic acids is 1. The van der Waals surface area contributed by atoms with Crippen LogP contribution in [0.1, 0.15) is 15.9 Å². The van der Waals surface area contributed by atoms with Gasteiger partial charge in [0.25, 0.3) is 5.91 Å². The summed E-state index contributed by atoms with van der Waals surface area (Å²) in [6.45, 7) is 2.00. The Morgan fingerprint density at radius 3 is 2.78 bits per heavy atom. The van der Waals surface area contributed by atoms with Gasteiger partial charge in [-0.2, -0.15) is 0 Å². The third kappa shape index (κ3) is 2.57. The maximum atomic E-state index is 11.2. The molecule has 92 valence electrons. The lowest BCUT2D eigenvalue weighted by atomic mass is 10.2. The summed E-state index contributed by atoms with van der Waals surface area (Å²) in [5.74, 6) is -0.0363. The van der Waals surface area contributed by atoms with Gasteiger partial charge in [-0.25, -0.2) is 4.98 Å². The Labute approximate surface area is 105 Å². The Hall–Kier alpha value is -2.56. The van der Waals surface area contributed by atoms with Crippen molar-refractivity contribution in [3.63, 3.8) is 0 Å². The minimum Gasteiger partial charge on any atom is -0.397 e. The van der Waals surface area contributed by atoms with Gasteiger partial charge >= 0.3 is 0 Å². The van der Waals surface area contributed by atoms with E-state index in [1.165, 1.54) is 6.20 Å². The van der Waals surface area contributed by atoms with Crippen LogP contribution in [0.5, 0.6) is 0 Å². The number of nitrogen functional groups attached to an aromatic ring is 1. The molecule has 2 rings (SSSR count). The van der Waals surface area contributed by atoms with Crippen LogP contribution in [0.3, 0.4) is 0 Å². The zero-order valence-corrected chi connectivity index (χ0v) is 9.97. The summed E-state index contributed by atoms with van der Waals surface area (Å²) in [5, 5.41) is 3.09. The third-order valence-electron chi connectivity index (χ3n) is 2.49. The molecule has 0 saturated carbocycles. The van der Waals surface area contributed by atoms with Crippen LogP contribution in [0, 0.1) is 6.92 Å². The van der Waals surface area contributed by atoms with E-state index in [-0.39, 0.29) is 11.3 Å². The van der Waals surface area contributed by atoms with Gasteiger partial charge in [0.1, 0.15) is 5.82 Å². The van der Waals surface area contributed by atoms with Crippen LogP contribution in [0.2, 0.25) is 0 Å². The summed E-state index contributed by atoms with van der Waals surface area (Å²) < 4.78 is 0. The van der Waals surface area contributed by atoms with E-state index in [1.54, 1.807) is 6.07 Å². The van der Waals surface area contributed by atoms with Gasteiger partial charge in [-0.1, -0.05) is 12.1 Å². The topological polar surface area (TPSA) is 94.0 Å². The van der Waals surface area contributed by atoms with E-state index in [0.717, 1.165) is 11.3 Å². The molecule has 1 aromatic carbocycles. The molecule has 0 radical (unpaired) electrons. The van der Waals surface area contributed by atoms with Crippen molar-refractivity contribution < 1.29 is 4.79 Å². The summed E-state index contributed by atoms with van der Waals surface area (Å²) in [5.41, 5.74) is 13.4. The highest BCUT2D eigenvalue weighted by molar-refractivity contribution is 5.98. The maximum Gasteiger partial charge on any atom is 0.250 e. The van der Waals surface area contributed by atoms with Crippen molar-refractivity contribution in [1.29, 1.82) is 0 Å². The quantitative estimate of drug-likeness (QED) is 0.765. The van der Waals surface area contributed by atoms with Gasteiger partial charge in [0, 0.05) is 5.69 Å². The lowest BCUT2D eigenvalue weighted by Gasteiger charge is -2.08. The van der Waals surface area contributed by atoms with E-state index in [4.69, 9.17) is 11.5 Å². The van der Waals surface area contributed by atoms with Gasteiger partial charge in [-0.15, -0.1) is 0 Å². The second-order valence-electron chi connectivity index (χ2n) is 4.02. The lowest BCUT2D eigenvalue weighted by molar-refractivity contribution is 0.100. The van der Waals surface area contributed by atoms with Crippen molar-refractivity contribution in [2.75, 3.05) is 11.1 Å². The number of pyridine rings is 1. The number of nitrogens with one attached hydrogen (secondary N) is 1. The Morgan fingerprint density at radius 2 is 2.11 bits per heavy atom. The van der Waals surface area contributed by atoms with Crippen molar-refractivity contribution in [2.24, 2.45) is 5.73 Å². The first-order chi connectivity index (χ1) is 8.56. The number of amides is 1. The zero-order valence-electron chi connectivity index (χ0n) is 9.97. The Morgan fingerprint density at radius 1 is 1.33 bits per heavy atom. The molecule has 5 heteroatoms. The third-order valence-corrected chi connectivity index (χ3v) is 2.49. The van der Waals surface area contributed by atoms with Crippen LogP contribution >= 0.6 is 0 Å². The van der Waals surface area contributed by atoms with E-state index in [9.17, 15) is 4.79 Å². The van der Waals surface area contributed by atoms with Gasteiger partial charge in [-0.3, -0.25) is 4.79 Å². The van der Waals surface area contributed by atoms with E-state index >= 15 is 0 Å². The number of nitrogens with zero attached hydrogens (tertiary/aromatic N) is 1. The number of aryl methyl sites for hydroxylation is 1. The molecule has 0 atom stereocenters. The number of nitrogens with two attached hydrogens (primary N) is 2. The SMILES string of the molecule is Cc1cccc(Nc2cc(C(N)=O)c(N)cn2)c1. The molecule has 0 aliphatic heterocycles. The van der Waals surface area contributed by atoms with E-state index < -0.39 is 5.91 Å². The van der Waals surface area contributed by atoms with Crippen LogP contribution < -0.4 is 16.8 Å². The molecule has 0 unspecified atom stereocenters. The number of hydrogen-bond donors (Lipinski definition) is 3. The minimum absolute atomic E-state index is 0.264. The van der Waals surface area contributed by atoms with Crippen molar-refractivity contribution in [3.05, 3.63) is 47.7 Å². The van der Waals surface area contributed by atoms with Gasteiger partial charge < -0.3 is 16.8 Å². The predicted octanol–water partition coefficient (Wildman–Crippen LogP) is 1.81. The average Bonchev–Trinajstić information content (AvgIpc) is 2.31. The number of aromatic nitrogens is 1. The van der Waals surface area contributed by atoms with E-state index in [1.807, 2.05) is 31.2 Å². The molecule has 0 aliphatic carbocycles. The number of primary amides is 1. The van der Waals surface area contributed by atoms with Gasteiger partial charge in [0.2, 0.25) is 0 Å². The number of carbonyl (C=O) groups is 1. The molecule has 1 aromatic heterocycles. The molecule has 0 aliphatic rings. The molecule has 5 N–H and O–H groups in total. The largest absolute Gasteiger partial charge is 0.397 e. The number of rotatable bonds is 3. The highest BCUT2D eigenvalue weighted by Crippen LogP contribution is 2.19. The molecule has 1 amide bonds. The van der Waals surface area contributed by atoms with Crippen LogP contribution in [0.4, 0.5) is 17.2 Å². The number of anilines is 3. The van der Waals surface area contributed by atoms with Gasteiger partial charge in [0.05, 0.1) is 17.4 Å². The first-order valence-corrected chi connectivity index (χ1v) is 5.45. The fourth-order valence-electron chi connectivity index (χ4n) is 1.62. The molecule has 0 bridgehead atoms. The smallest absolute Gasteiger partial charge is 0.250 e. The average molecular weight is 242 g/mol. The summed E-state index contributed by atoms with van der Waals surface area (Å²) in [6, 6.07) is 9.36. The number of benzene rings is 1. The Kier molecular flexibility index (Phi) is 3.14. The normalized spacial score (nSPS) is 10.1. The standard InChI is InChI=1S/C13H14N4O/c1-8-3-2-4-9(5-8)17-12-6-10(13(15)18)11(14)7-16-12/h2-7H,14H2,1H3,(H2,15,18)(H,16,17). The van der Waals surface area contributed by atoms with Crippen molar-refractivity contribution in [3.8, 4) is 0 Å². The Bertz CT molecular complexity index is 595. The summed E-state index contributed by atoms with van der Waals surface area (Å²) in [6.07, 6.45) is 1.41. The van der Waals surface area contributed by atoms with Crippen molar-refractivity contribution in [1.82, 2.24) is 4.98 Å². The second-order valence-corrected chi connectivity index (χ2v) is 4.02. The predicted molar refractivity (Wildman–Crippen MR) is 71.6 cm³/mol. The molecule has 5 nitrogen and oxygen atoms in total. The van der Waals surface area contributed by atoms with Crippen LogP contribution in [-0.2, 0) is 0 Å². The molecule has 1 heterocycles. The highest BCUT2D eigenvalue weighted by Gasteiger charge is 2.07. The van der Waals surface area contributed by atoms with Crippen LogP contribution in [0.25, 0.3) is 0 Å². The van der Waals surface area contributed by atoms with Gasteiger partial charge in [0.15, 0.2) is 0 Å². The number of hydrogen-bond acceptors (Lipinski definition) is 4. The van der Waals surface area contributed by atoms with Gasteiger partial charge in [-0.05, 0) is 30.7 Å². The summed E-state index contributed by atoms with van der Waals surface area (Å²) in [7, 11) is 0. The van der Waals surface area contributed by atoms with Crippen LogP contribution in [-0.4, -0.2) is 10.9 Å². The molecular formula is C13H14N4O. The van der Waals surface area contributed by atoms with E-state index in [2.05, 4.69) is 10.3 Å². The fourth-order valence-corrected chi connectivity index (χ4v) is 1.62. The molecule has 18 heavy (non-hydrogen) atoms. The van der Waals surface area contributed by atoms with E-state index in [0.29, 0.717) is 5.82 Å². The highest BCUT2D eigenvalue weighted by atomic mass is 16.1. The fraction of sp³-hybridized carbons (Fsp3) is 0.0769. The molecule has 0 spiro atoms. The summed E-state index contributed by atoms with van der Waals surface area (Å²) in [4.78, 5) is 15.3. The summed E-state index contributed by atoms with van der Waals surface area (Å²) >= 11 is 0. The first-order valence-electron chi connectivity index (χ1n) is 5.45. The lowest BCUT2D eigenvalue weighted by Crippen LogP contribution is -2.14. The van der Waals surface area contributed by atoms with Crippen LogP contribution in [0.15, 0.2) is 36.5 Å². The maximum absolute atomic E-state index is 11.2. The van der Waals surface area contributed by atoms with Crippen molar-refractivity contribution >= 4 is 23.1 Å². The van der Waals surface area contributed by atoms with Crippen molar-refractivity contribution in [2.45, 2.75) is 6.92 Å². The molecular weight excluding hydrogens is 228 g/mol. The molecule has 2 aromatic rings.